The number of hydrogen-bond donors (Lipinski definition) is 1. The summed E-state index contributed by atoms with van der Waals surface area (Å²) < 4.78 is 5.41. The van der Waals surface area contributed by atoms with Crippen molar-refractivity contribution in [2.24, 2.45) is 0 Å². The van der Waals surface area contributed by atoms with Gasteiger partial charge in [0, 0.05) is 12.1 Å². The molecule has 0 bridgehead atoms. The number of aromatic nitrogens is 2. The van der Waals surface area contributed by atoms with Crippen LogP contribution < -0.4 is 5.32 Å². The fourth-order valence-electron chi connectivity index (χ4n) is 1.51. The largest absolute Gasteiger partial charge is 0.375 e. The number of hydrogen-bond acceptors (Lipinski definition) is 4. The first-order valence-corrected chi connectivity index (χ1v) is 6.41. The average molecular weight is 270 g/mol. The highest BCUT2D eigenvalue weighted by molar-refractivity contribution is 6.30. The van der Waals surface area contributed by atoms with E-state index in [0.29, 0.717) is 30.7 Å². The van der Waals surface area contributed by atoms with Crippen molar-refractivity contribution < 1.29 is 4.74 Å². The van der Waals surface area contributed by atoms with Gasteiger partial charge in [0.2, 0.25) is 0 Å². The molecule has 1 heterocycles. The standard InChI is InChI=1S/C13H20ClN3O/c1-5-11-12(14)16-10(4)17-13(11)15-6-7-18-8-9(2)3/h2,5-8H2,1,3-4H3,(H,15,16,17). The lowest BCUT2D eigenvalue weighted by atomic mass is 10.2. The molecule has 4 nitrogen and oxygen atoms in total. The van der Waals surface area contributed by atoms with E-state index in [1.54, 1.807) is 0 Å². The summed E-state index contributed by atoms with van der Waals surface area (Å²) in [7, 11) is 0. The molecule has 0 aliphatic rings. The first-order chi connectivity index (χ1) is 8.54. The number of ether oxygens (including phenoxy) is 1. The molecule has 0 saturated heterocycles. The number of nitrogens with one attached hydrogen (secondary N) is 1. The maximum Gasteiger partial charge on any atom is 0.138 e. The Hall–Kier alpha value is -1.13. The highest BCUT2D eigenvalue weighted by Crippen LogP contribution is 2.21. The third kappa shape index (κ3) is 4.63. The van der Waals surface area contributed by atoms with Crippen molar-refractivity contribution >= 4 is 17.4 Å². The Labute approximate surface area is 113 Å². The molecular formula is C13H20ClN3O. The molecule has 1 rings (SSSR count). The quantitative estimate of drug-likeness (QED) is 0.470. The minimum atomic E-state index is 0.523. The molecular weight excluding hydrogens is 250 g/mol. The summed E-state index contributed by atoms with van der Waals surface area (Å²) in [6, 6.07) is 0. The van der Waals surface area contributed by atoms with E-state index in [1.165, 1.54) is 0 Å². The predicted octanol–water partition coefficient (Wildman–Crippen LogP) is 3.01. The van der Waals surface area contributed by atoms with Gasteiger partial charge in [0.1, 0.15) is 16.8 Å². The number of halogens is 1. The summed E-state index contributed by atoms with van der Waals surface area (Å²) in [5.41, 5.74) is 1.97. The lowest BCUT2D eigenvalue weighted by molar-refractivity contribution is 0.167. The van der Waals surface area contributed by atoms with Crippen molar-refractivity contribution in [3.8, 4) is 0 Å². The van der Waals surface area contributed by atoms with Gasteiger partial charge in [-0.1, -0.05) is 30.7 Å². The molecule has 1 aromatic heterocycles. The predicted molar refractivity (Wildman–Crippen MR) is 75.3 cm³/mol. The van der Waals surface area contributed by atoms with Crippen LogP contribution in [0, 0.1) is 6.92 Å². The summed E-state index contributed by atoms with van der Waals surface area (Å²) >= 11 is 6.08. The van der Waals surface area contributed by atoms with E-state index in [-0.39, 0.29) is 0 Å². The van der Waals surface area contributed by atoms with Crippen LogP contribution in [-0.2, 0) is 11.2 Å². The minimum absolute atomic E-state index is 0.523. The van der Waals surface area contributed by atoms with Crippen molar-refractivity contribution in [3.05, 3.63) is 28.7 Å². The Balaban J connectivity index is 2.53. The van der Waals surface area contributed by atoms with Gasteiger partial charge in [0.25, 0.3) is 0 Å². The molecule has 1 aromatic rings. The zero-order valence-corrected chi connectivity index (χ0v) is 12.0. The van der Waals surface area contributed by atoms with Gasteiger partial charge >= 0.3 is 0 Å². The monoisotopic (exact) mass is 269 g/mol. The van der Waals surface area contributed by atoms with Gasteiger partial charge < -0.3 is 10.1 Å². The van der Waals surface area contributed by atoms with E-state index in [4.69, 9.17) is 16.3 Å². The zero-order valence-electron chi connectivity index (χ0n) is 11.2. The fraction of sp³-hybridized carbons (Fsp3) is 0.538. The van der Waals surface area contributed by atoms with Crippen molar-refractivity contribution in [1.29, 1.82) is 0 Å². The first kappa shape index (κ1) is 14.9. The maximum absolute atomic E-state index is 6.08. The van der Waals surface area contributed by atoms with E-state index in [9.17, 15) is 0 Å². The highest BCUT2D eigenvalue weighted by atomic mass is 35.5. The average Bonchev–Trinajstić information content (AvgIpc) is 2.27. The van der Waals surface area contributed by atoms with Crippen LogP contribution in [0.5, 0.6) is 0 Å². The molecule has 1 N–H and O–H groups in total. The van der Waals surface area contributed by atoms with Gasteiger partial charge in [0.15, 0.2) is 0 Å². The molecule has 0 amide bonds. The fourth-order valence-corrected chi connectivity index (χ4v) is 1.85. The van der Waals surface area contributed by atoms with E-state index < -0.39 is 0 Å². The van der Waals surface area contributed by atoms with Crippen molar-refractivity contribution in [2.75, 3.05) is 25.1 Å². The Bertz CT molecular complexity index is 421. The second kappa shape index (κ2) is 7.34. The second-order valence-corrected chi connectivity index (χ2v) is 4.54. The highest BCUT2D eigenvalue weighted by Gasteiger charge is 2.09. The molecule has 18 heavy (non-hydrogen) atoms. The third-order valence-electron chi connectivity index (χ3n) is 2.31. The first-order valence-electron chi connectivity index (χ1n) is 6.03. The smallest absolute Gasteiger partial charge is 0.138 e. The van der Waals surface area contributed by atoms with Crippen molar-refractivity contribution in [3.63, 3.8) is 0 Å². The lowest BCUT2D eigenvalue weighted by Crippen LogP contribution is -2.13. The van der Waals surface area contributed by atoms with Gasteiger partial charge in [-0.3, -0.25) is 0 Å². The summed E-state index contributed by atoms with van der Waals surface area (Å²) in [6.07, 6.45) is 0.800. The SMILES string of the molecule is C=C(C)COCCNc1nc(C)nc(Cl)c1CC. The summed E-state index contributed by atoms with van der Waals surface area (Å²) in [6.45, 7) is 11.5. The van der Waals surface area contributed by atoms with E-state index >= 15 is 0 Å². The summed E-state index contributed by atoms with van der Waals surface area (Å²) in [5.74, 6) is 1.47. The van der Waals surface area contributed by atoms with Crippen LogP contribution in [0.4, 0.5) is 5.82 Å². The molecule has 5 heteroatoms. The number of nitrogens with zero attached hydrogens (tertiary/aromatic N) is 2. The molecule has 0 unspecified atom stereocenters. The van der Waals surface area contributed by atoms with Crippen LogP contribution in [0.25, 0.3) is 0 Å². The van der Waals surface area contributed by atoms with Crippen LogP contribution in [0.3, 0.4) is 0 Å². The molecule has 0 aromatic carbocycles. The van der Waals surface area contributed by atoms with Crippen LogP contribution >= 0.6 is 11.6 Å². The van der Waals surface area contributed by atoms with E-state index in [1.807, 2.05) is 20.8 Å². The van der Waals surface area contributed by atoms with Gasteiger partial charge in [-0.15, -0.1) is 0 Å². The van der Waals surface area contributed by atoms with E-state index in [0.717, 1.165) is 23.4 Å². The topological polar surface area (TPSA) is 47.0 Å². The molecule has 0 aliphatic heterocycles. The summed E-state index contributed by atoms with van der Waals surface area (Å²) in [4.78, 5) is 8.50. The molecule has 0 atom stereocenters. The molecule has 0 saturated carbocycles. The maximum atomic E-state index is 6.08. The van der Waals surface area contributed by atoms with Crippen LogP contribution in [0.1, 0.15) is 25.2 Å². The molecule has 100 valence electrons. The Morgan fingerprint density at radius 3 is 2.78 bits per heavy atom. The number of rotatable bonds is 7. The molecule has 0 spiro atoms. The zero-order chi connectivity index (χ0) is 13.5. The Morgan fingerprint density at radius 1 is 1.44 bits per heavy atom. The normalized spacial score (nSPS) is 10.4. The van der Waals surface area contributed by atoms with Crippen LogP contribution in [-0.4, -0.2) is 29.7 Å². The molecule has 0 aliphatic carbocycles. The number of anilines is 1. The van der Waals surface area contributed by atoms with Gasteiger partial charge in [-0.05, 0) is 20.3 Å². The van der Waals surface area contributed by atoms with Crippen molar-refractivity contribution in [2.45, 2.75) is 27.2 Å². The van der Waals surface area contributed by atoms with Gasteiger partial charge in [-0.2, -0.15) is 0 Å². The van der Waals surface area contributed by atoms with Crippen LogP contribution in [0.15, 0.2) is 12.2 Å². The molecule has 0 radical (unpaired) electrons. The van der Waals surface area contributed by atoms with Gasteiger partial charge in [0.05, 0.1) is 13.2 Å². The van der Waals surface area contributed by atoms with E-state index in [2.05, 4.69) is 21.9 Å². The van der Waals surface area contributed by atoms with Crippen molar-refractivity contribution in [1.82, 2.24) is 9.97 Å². The minimum Gasteiger partial charge on any atom is -0.375 e. The number of aryl methyl sites for hydroxylation is 1. The summed E-state index contributed by atoms with van der Waals surface area (Å²) in [5, 5.41) is 3.75. The third-order valence-corrected chi connectivity index (χ3v) is 2.62. The Kier molecular flexibility index (Phi) is 6.09. The van der Waals surface area contributed by atoms with Gasteiger partial charge in [-0.25, -0.2) is 9.97 Å². The van der Waals surface area contributed by atoms with Crippen LogP contribution in [0.2, 0.25) is 5.15 Å². The second-order valence-electron chi connectivity index (χ2n) is 4.18. The molecule has 0 fully saturated rings. The Morgan fingerprint density at radius 2 is 2.17 bits per heavy atom. The lowest BCUT2D eigenvalue weighted by Gasteiger charge is -2.12.